The summed E-state index contributed by atoms with van der Waals surface area (Å²) in [5.41, 5.74) is 4.51. The Hall–Kier alpha value is -3.38. The highest BCUT2D eigenvalue weighted by Gasteiger charge is 2.14. The van der Waals surface area contributed by atoms with E-state index in [1.807, 2.05) is 72.8 Å². The van der Waals surface area contributed by atoms with E-state index in [0.29, 0.717) is 11.6 Å². The molecule has 3 aromatic heterocycles. The zero-order valence-corrected chi connectivity index (χ0v) is 16.3. The Morgan fingerprint density at radius 1 is 0.786 bits per heavy atom. The van der Waals surface area contributed by atoms with Crippen molar-refractivity contribution in [3.63, 3.8) is 0 Å². The first-order chi connectivity index (χ1) is 13.8. The third kappa shape index (κ3) is 3.08. The lowest BCUT2D eigenvalue weighted by Crippen LogP contribution is -1.91. The highest BCUT2D eigenvalue weighted by atomic mass is 79.9. The number of pyridine rings is 2. The molecule has 5 aromatic rings. The van der Waals surface area contributed by atoms with Crippen molar-refractivity contribution in [3.05, 3.63) is 83.5 Å². The van der Waals surface area contributed by atoms with Crippen LogP contribution in [-0.4, -0.2) is 25.1 Å². The van der Waals surface area contributed by atoms with Gasteiger partial charge >= 0.3 is 0 Å². The van der Waals surface area contributed by atoms with Crippen LogP contribution >= 0.6 is 15.9 Å². The van der Waals surface area contributed by atoms with Crippen LogP contribution in [0.2, 0.25) is 0 Å². The van der Waals surface area contributed by atoms with Gasteiger partial charge in [-0.2, -0.15) is 5.10 Å². The molecule has 28 heavy (non-hydrogen) atoms. The fraction of sp³-hybridized carbons (Fsp3) is 0. The Morgan fingerprint density at radius 2 is 1.61 bits per heavy atom. The van der Waals surface area contributed by atoms with Crippen LogP contribution < -0.4 is 0 Å². The largest absolute Gasteiger partial charge is 0.257 e. The van der Waals surface area contributed by atoms with Crippen LogP contribution in [0.5, 0.6) is 0 Å². The number of para-hydroxylation sites is 1. The lowest BCUT2D eigenvalue weighted by atomic mass is 10.0. The van der Waals surface area contributed by atoms with E-state index in [1.165, 1.54) is 0 Å². The molecule has 6 heteroatoms. The Labute approximate surface area is 169 Å². The third-order valence-corrected chi connectivity index (χ3v) is 5.02. The van der Waals surface area contributed by atoms with Crippen LogP contribution in [0.1, 0.15) is 0 Å². The van der Waals surface area contributed by atoms with E-state index in [1.54, 1.807) is 6.20 Å². The molecule has 0 saturated heterocycles. The number of H-pyrrole nitrogens is 1. The molecule has 5 rings (SSSR count). The Bertz CT molecular complexity index is 1260. The van der Waals surface area contributed by atoms with Crippen molar-refractivity contribution in [3.8, 4) is 34.2 Å². The maximum atomic E-state index is 4.83. The fourth-order valence-electron chi connectivity index (χ4n) is 3.13. The molecule has 0 unspecified atom stereocenters. The monoisotopic (exact) mass is 427 g/mol. The first kappa shape index (κ1) is 16.8. The Morgan fingerprint density at radius 3 is 2.43 bits per heavy atom. The molecular weight excluding hydrogens is 414 g/mol. The van der Waals surface area contributed by atoms with Gasteiger partial charge in [0.25, 0.3) is 0 Å². The zero-order chi connectivity index (χ0) is 18.9. The number of nitrogens with one attached hydrogen (secondary N) is 1. The topological polar surface area (TPSA) is 67.3 Å². The molecule has 0 aliphatic heterocycles. The number of benzene rings is 2. The Kier molecular flexibility index (Phi) is 4.18. The summed E-state index contributed by atoms with van der Waals surface area (Å²) < 4.78 is 1.03. The van der Waals surface area contributed by atoms with Gasteiger partial charge in [-0.05, 0) is 36.4 Å². The number of aromatic amines is 1. The van der Waals surface area contributed by atoms with Crippen molar-refractivity contribution in [1.82, 2.24) is 25.1 Å². The minimum atomic E-state index is 0.623. The number of rotatable bonds is 3. The summed E-state index contributed by atoms with van der Waals surface area (Å²) in [6.07, 6.45) is 1.74. The Balaban J connectivity index is 1.68. The summed E-state index contributed by atoms with van der Waals surface area (Å²) in [6.45, 7) is 0. The molecule has 0 radical (unpaired) electrons. The van der Waals surface area contributed by atoms with Crippen molar-refractivity contribution < 1.29 is 0 Å². The first-order valence-electron chi connectivity index (χ1n) is 8.78. The second kappa shape index (κ2) is 6.98. The van der Waals surface area contributed by atoms with Crippen molar-refractivity contribution in [2.75, 3.05) is 0 Å². The summed E-state index contributed by atoms with van der Waals surface area (Å²) in [5, 5.41) is 8.46. The highest BCUT2D eigenvalue weighted by molar-refractivity contribution is 9.10. The molecule has 0 atom stereocenters. The number of hydrogen-bond donors (Lipinski definition) is 1. The molecule has 2 aromatic carbocycles. The van der Waals surface area contributed by atoms with E-state index >= 15 is 0 Å². The fourth-order valence-corrected chi connectivity index (χ4v) is 3.39. The van der Waals surface area contributed by atoms with Gasteiger partial charge in [-0.3, -0.25) is 10.1 Å². The quantitative estimate of drug-likeness (QED) is 0.412. The molecule has 0 fully saturated rings. The number of aromatic nitrogens is 5. The van der Waals surface area contributed by atoms with Gasteiger partial charge in [0, 0.05) is 27.2 Å². The SMILES string of the molecule is Brc1ccc(-c2cc(-c3n[nH]c(-c4ccccn4)n3)c3ccccc3n2)cc1. The minimum Gasteiger partial charge on any atom is -0.257 e. The smallest absolute Gasteiger partial charge is 0.182 e. The predicted molar refractivity (Wildman–Crippen MR) is 113 cm³/mol. The summed E-state index contributed by atoms with van der Waals surface area (Å²) in [5.74, 6) is 1.26. The lowest BCUT2D eigenvalue weighted by molar-refractivity contribution is 1.09. The summed E-state index contributed by atoms with van der Waals surface area (Å²) in [7, 11) is 0. The number of fused-ring (bicyclic) bond motifs is 1. The van der Waals surface area contributed by atoms with Gasteiger partial charge in [0.15, 0.2) is 11.6 Å². The summed E-state index contributed by atoms with van der Waals surface area (Å²) in [4.78, 5) is 13.9. The van der Waals surface area contributed by atoms with Crippen molar-refractivity contribution in [2.45, 2.75) is 0 Å². The molecule has 0 amide bonds. The standard InChI is InChI=1S/C22H14BrN5/c23-15-10-8-14(9-11-15)20-13-17(16-5-1-2-6-18(16)25-20)21-26-22(28-27-21)19-7-3-4-12-24-19/h1-13H,(H,26,27,28). The molecule has 0 saturated carbocycles. The number of hydrogen-bond acceptors (Lipinski definition) is 4. The normalized spacial score (nSPS) is 11.0. The average Bonchev–Trinajstić information content (AvgIpc) is 3.24. The molecule has 5 nitrogen and oxygen atoms in total. The van der Waals surface area contributed by atoms with E-state index < -0.39 is 0 Å². The van der Waals surface area contributed by atoms with Crippen LogP contribution in [0.15, 0.2) is 83.5 Å². The first-order valence-corrected chi connectivity index (χ1v) is 9.57. The minimum absolute atomic E-state index is 0.623. The molecule has 134 valence electrons. The van der Waals surface area contributed by atoms with Gasteiger partial charge in [0.2, 0.25) is 0 Å². The lowest BCUT2D eigenvalue weighted by Gasteiger charge is -2.08. The van der Waals surface area contributed by atoms with E-state index in [0.717, 1.165) is 37.9 Å². The number of halogens is 1. The maximum Gasteiger partial charge on any atom is 0.182 e. The van der Waals surface area contributed by atoms with Gasteiger partial charge in [0.05, 0.1) is 11.2 Å². The molecule has 3 heterocycles. The highest BCUT2D eigenvalue weighted by Crippen LogP contribution is 2.31. The molecule has 0 spiro atoms. The molecular formula is C22H14BrN5. The summed E-state index contributed by atoms with van der Waals surface area (Å²) >= 11 is 3.48. The van der Waals surface area contributed by atoms with Gasteiger partial charge in [-0.15, -0.1) is 0 Å². The second-order valence-electron chi connectivity index (χ2n) is 6.30. The van der Waals surface area contributed by atoms with E-state index in [-0.39, 0.29) is 0 Å². The molecule has 1 N–H and O–H groups in total. The van der Waals surface area contributed by atoms with Gasteiger partial charge in [0.1, 0.15) is 5.69 Å². The van der Waals surface area contributed by atoms with E-state index in [4.69, 9.17) is 4.98 Å². The van der Waals surface area contributed by atoms with Crippen LogP contribution in [0.3, 0.4) is 0 Å². The average molecular weight is 428 g/mol. The zero-order valence-electron chi connectivity index (χ0n) is 14.7. The van der Waals surface area contributed by atoms with Gasteiger partial charge < -0.3 is 0 Å². The van der Waals surface area contributed by atoms with Crippen molar-refractivity contribution >= 4 is 26.8 Å². The van der Waals surface area contributed by atoms with Crippen LogP contribution in [0, 0.1) is 0 Å². The molecule has 0 aliphatic rings. The van der Waals surface area contributed by atoms with Crippen LogP contribution in [0.4, 0.5) is 0 Å². The third-order valence-electron chi connectivity index (χ3n) is 4.49. The van der Waals surface area contributed by atoms with Crippen molar-refractivity contribution in [2.24, 2.45) is 0 Å². The van der Waals surface area contributed by atoms with Crippen LogP contribution in [-0.2, 0) is 0 Å². The van der Waals surface area contributed by atoms with E-state index in [2.05, 4.69) is 36.1 Å². The molecule has 0 bridgehead atoms. The van der Waals surface area contributed by atoms with Crippen LogP contribution in [0.25, 0.3) is 45.1 Å². The van der Waals surface area contributed by atoms with E-state index in [9.17, 15) is 0 Å². The van der Waals surface area contributed by atoms with Gasteiger partial charge in [-0.25, -0.2) is 9.97 Å². The maximum absolute atomic E-state index is 4.83. The molecule has 0 aliphatic carbocycles. The summed E-state index contributed by atoms with van der Waals surface area (Å²) in [6, 6.07) is 23.9. The van der Waals surface area contributed by atoms with Gasteiger partial charge in [-0.1, -0.05) is 52.3 Å². The number of nitrogens with zero attached hydrogens (tertiary/aromatic N) is 4. The van der Waals surface area contributed by atoms with Crippen molar-refractivity contribution in [1.29, 1.82) is 0 Å². The predicted octanol–water partition coefficient (Wildman–Crippen LogP) is 5.51. The second-order valence-corrected chi connectivity index (χ2v) is 7.22.